The Kier molecular flexibility index (Phi) is 8.99. The Balaban J connectivity index is 0.00000364. The number of para-hydroxylation sites is 1. The SMILES string of the molecule is CCC(CC)(CN)NC(=O)C1CCCN(C(=O)Nc2ccccc2F)C1.Cl. The van der Waals surface area contributed by atoms with E-state index in [1.165, 1.54) is 12.1 Å². The molecule has 3 amide bonds. The molecule has 1 heterocycles. The zero-order valence-corrected chi connectivity index (χ0v) is 16.8. The lowest BCUT2D eigenvalue weighted by Gasteiger charge is -2.36. The van der Waals surface area contributed by atoms with E-state index in [4.69, 9.17) is 5.73 Å². The van der Waals surface area contributed by atoms with Gasteiger partial charge < -0.3 is 21.3 Å². The van der Waals surface area contributed by atoms with Gasteiger partial charge in [-0.1, -0.05) is 26.0 Å². The first-order chi connectivity index (χ1) is 12.4. The number of piperidine rings is 1. The van der Waals surface area contributed by atoms with E-state index < -0.39 is 11.4 Å². The average Bonchev–Trinajstić information content (AvgIpc) is 2.68. The second-order valence-electron chi connectivity index (χ2n) is 6.88. The van der Waals surface area contributed by atoms with E-state index in [2.05, 4.69) is 10.6 Å². The Labute approximate surface area is 166 Å². The minimum Gasteiger partial charge on any atom is -0.349 e. The van der Waals surface area contributed by atoms with Gasteiger partial charge in [-0.25, -0.2) is 9.18 Å². The first-order valence-corrected chi connectivity index (χ1v) is 9.27. The van der Waals surface area contributed by atoms with Crippen molar-refractivity contribution >= 4 is 30.0 Å². The Hall–Kier alpha value is -1.86. The van der Waals surface area contributed by atoms with Crippen LogP contribution in [0.25, 0.3) is 0 Å². The van der Waals surface area contributed by atoms with Gasteiger partial charge in [0.1, 0.15) is 5.82 Å². The molecular formula is C19H30ClFN4O2. The largest absolute Gasteiger partial charge is 0.349 e. The van der Waals surface area contributed by atoms with Crippen LogP contribution < -0.4 is 16.4 Å². The molecular weight excluding hydrogens is 371 g/mol. The summed E-state index contributed by atoms with van der Waals surface area (Å²) in [5.41, 5.74) is 5.61. The van der Waals surface area contributed by atoms with Gasteiger partial charge in [0.15, 0.2) is 0 Å². The molecule has 1 fully saturated rings. The van der Waals surface area contributed by atoms with Crippen LogP contribution in [0.5, 0.6) is 0 Å². The van der Waals surface area contributed by atoms with E-state index in [1.54, 1.807) is 17.0 Å². The third kappa shape index (κ3) is 5.81. The molecule has 152 valence electrons. The number of benzene rings is 1. The highest BCUT2D eigenvalue weighted by atomic mass is 35.5. The lowest BCUT2D eigenvalue weighted by atomic mass is 9.90. The maximum atomic E-state index is 13.7. The van der Waals surface area contributed by atoms with Crippen LogP contribution in [-0.2, 0) is 4.79 Å². The number of carbonyl (C=O) groups is 2. The highest BCUT2D eigenvalue weighted by Gasteiger charge is 2.33. The highest BCUT2D eigenvalue weighted by Crippen LogP contribution is 2.21. The molecule has 1 unspecified atom stereocenters. The first kappa shape index (κ1) is 23.2. The van der Waals surface area contributed by atoms with Crippen LogP contribution in [0.2, 0.25) is 0 Å². The number of nitrogens with one attached hydrogen (secondary N) is 2. The number of nitrogens with zero attached hydrogens (tertiary/aromatic N) is 1. The molecule has 0 aromatic heterocycles. The van der Waals surface area contributed by atoms with Gasteiger partial charge >= 0.3 is 6.03 Å². The number of urea groups is 1. The molecule has 1 aromatic rings. The minimum absolute atomic E-state index is 0. The second-order valence-corrected chi connectivity index (χ2v) is 6.88. The second kappa shape index (κ2) is 10.5. The van der Waals surface area contributed by atoms with Crippen molar-refractivity contribution in [3.05, 3.63) is 30.1 Å². The van der Waals surface area contributed by atoms with Gasteiger partial charge in [0, 0.05) is 19.6 Å². The van der Waals surface area contributed by atoms with E-state index in [9.17, 15) is 14.0 Å². The van der Waals surface area contributed by atoms with Crippen molar-refractivity contribution in [3.63, 3.8) is 0 Å². The number of hydrogen-bond donors (Lipinski definition) is 3. The number of rotatable bonds is 6. The fraction of sp³-hybridized carbons (Fsp3) is 0.579. The summed E-state index contributed by atoms with van der Waals surface area (Å²) in [7, 11) is 0. The number of carbonyl (C=O) groups excluding carboxylic acids is 2. The first-order valence-electron chi connectivity index (χ1n) is 9.27. The van der Waals surface area contributed by atoms with Crippen molar-refractivity contribution in [1.29, 1.82) is 0 Å². The summed E-state index contributed by atoms with van der Waals surface area (Å²) in [5, 5.41) is 5.67. The summed E-state index contributed by atoms with van der Waals surface area (Å²) in [6, 6.07) is 5.65. The fourth-order valence-electron chi connectivity index (χ4n) is 3.26. The van der Waals surface area contributed by atoms with Crippen molar-refractivity contribution in [1.82, 2.24) is 10.2 Å². The van der Waals surface area contributed by atoms with Gasteiger partial charge in [-0.3, -0.25) is 4.79 Å². The van der Waals surface area contributed by atoms with Crippen LogP contribution >= 0.6 is 12.4 Å². The van der Waals surface area contributed by atoms with Gasteiger partial charge in [-0.05, 0) is 37.8 Å². The van der Waals surface area contributed by atoms with Crippen LogP contribution in [0, 0.1) is 11.7 Å². The minimum atomic E-state index is -0.481. The molecule has 4 N–H and O–H groups in total. The topological polar surface area (TPSA) is 87.5 Å². The number of anilines is 1. The Bertz CT molecular complexity index is 632. The predicted octanol–water partition coefficient (Wildman–Crippen LogP) is 3.13. The molecule has 1 aliphatic heterocycles. The van der Waals surface area contributed by atoms with Gasteiger partial charge in [0.05, 0.1) is 17.1 Å². The Morgan fingerprint density at radius 1 is 1.30 bits per heavy atom. The average molecular weight is 401 g/mol. The van der Waals surface area contributed by atoms with Crippen LogP contribution in [0.15, 0.2) is 24.3 Å². The third-order valence-corrected chi connectivity index (χ3v) is 5.33. The summed E-state index contributed by atoms with van der Waals surface area (Å²) in [6.07, 6.45) is 2.98. The summed E-state index contributed by atoms with van der Waals surface area (Å²) in [6.45, 7) is 5.27. The molecule has 0 aliphatic carbocycles. The van der Waals surface area contributed by atoms with Crippen LogP contribution in [-0.4, -0.2) is 42.0 Å². The number of likely N-dealkylation sites (tertiary alicyclic amines) is 1. The molecule has 0 spiro atoms. The molecule has 8 heteroatoms. The number of halogens is 2. The summed E-state index contributed by atoms with van der Waals surface area (Å²) in [4.78, 5) is 26.7. The van der Waals surface area contributed by atoms with Gasteiger partial charge in [-0.2, -0.15) is 0 Å². The van der Waals surface area contributed by atoms with E-state index in [1.807, 2.05) is 13.8 Å². The zero-order valence-electron chi connectivity index (χ0n) is 16.0. The molecule has 1 atom stereocenters. The van der Waals surface area contributed by atoms with Crippen molar-refractivity contribution < 1.29 is 14.0 Å². The zero-order chi connectivity index (χ0) is 19.2. The van der Waals surface area contributed by atoms with E-state index in [0.717, 1.165) is 25.7 Å². The van der Waals surface area contributed by atoms with E-state index in [-0.39, 0.29) is 36.0 Å². The summed E-state index contributed by atoms with van der Waals surface area (Å²) >= 11 is 0. The molecule has 27 heavy (non-hydrogen) atoms. The molecule has 0 radical (unpaired) electrons. The van der Waals surface area contributed by atoms with E-state index in [0.29, 0.717) is 19.6 Å². The van der Waals surface area contributed by atoms with Crippen molar-refractivity contribution in [2.24, 2.45) is 11.7 Å². The van der Waals surface area contributed by atoms with Crippen LogP contribution in [0.1, 0.15) is 39.5 Å². The summed E-state index contributed by atoms with van der Waals surface area (Å²) < 4.78 is 13.7. The maximum absolute atomic E-state index is 13.7. The Morgan fingerprint density at radius 2 is 1.96 bits per heavy atom. The smallest absolute Gasteiger partial charge is 0.321 e. The Morgan fingerprint density at radius 3 is 2.56 bits per heavy atom. The van der Waals surface area contributed by atoms with Crippen molar-refractivity contribution in [3.8, 4) is 0 Å². The monoisotopic (exact) mass is 400 g/mol. The molecule has 2 rings (SSSR count). The summed E-state index contributed by atoms with van der Waals surface area (Å²) in [5.74, 6) is -0.826. The molecule has 0 bridgehead atoms. The normalized spacial score (nSPS) is 17.0. The lowest BCUT2D eigenvalue weighted by molar-refractivity contribution is -0.128. The van der Waals surface area contributed by atoms with Gasteiger partial charge in [0.25, 0.3) is 0 Å². The third-order valence-electron chi connectivity index (χ3n) is 5.33. The molecule has 1 aliphatic rings. The van der Waals surface area contributed by atoms with Gasteiger partial charge in [-0.15, -0.1) is 12.4 Å². The fourth-order valence-corrected chi connectivity index (χ4v) is 3.26. The van der Waals surface area contributed by atoms with Crippen LogP contribution in [0.4, 0.5) is 14.9 Å². The highest BCUT2D eigenvalue weighted by molar-refractivity contribution is 5.90. The predicted molar refractivity (Wildman–Crippen MR) is 107 cm³/mol. The number of nitrogens with two attached hydrogens (primary N) is 1. The maximum Gasteiger partial charge on any atom is 0.321 e. The molecule has 1 aromatic carbocycles. The van der Waals surface area contributed by atoms with Gasteiger partial charge in [0.2, 0.25) is 5.91 Å². The molecule has 0 saturated carbocycles. The standard InChI is InChI=1S/C19H29FN4O2.ClH/c1-3-19(4-2,13-21)23-17(25)14-8-7-11-24(12-14)18(26)22-16-10-6-5-9-15(16)20;/h5-6,9-10,14H,3-4,7-8,11-13,21H2,1-2H3,(H,22,26)(H,23,25);1H. The number of amides is 3. The quantitative estimate of drug-likeness (QED) is 0.685. The molecule has 1 saturated heterocycles. The lowest BCUT2D eigenvalue weighted by Crippen LogP contribution is -2.56. The van der Waals surface area contributed by atoms with Crippen molar-refractivity contribution in [2.45, 2.75) is 45.1 Å². The molecule has 6 nitrogen and oxygen atoms in total. The van der Waals surface area contributed by atoms with Crippen LogP contribution in [0.3, 0.4) is 0 Å². The van der Waals surface area contributed by atoms with Crippen molar-refractivity contribution in [2.75, 3.05) is 25.0 Å². The van der Waals surface area contributed by atoms with E-state index >= 15 is 0 Å². The number of hydrogen-bond acceptors (Lipinski definition) is 3.